The lowest BCUT2D eigenvalue weighted by Gasteiger charge is -2.05. The first-order valence-corrected chi connectivity index (χ1v) is 4.54. The zero-order valence-corrected chi connectivity index (χ0v) is 8.50. The molecule has 1 heteroatoms. The molecule has 0 amide bonds. The van der Waals surface area contributed by atoms with Gasteiger partial charge in [-0.2, -0.15) is 0 Å². The quantitative estimate of drug-likeness (QED) is 0.642. The molecule has 0 heterocycles. The van der Waals surface area contributed by atoms with E-state index in [4.69, 9.17) is 4.74 Å². The van der Waals surface area contributed by atoms with Crippen molar-refractivity contribution in [1.82, 2.24) is 0 Å². The van der Waals surface area contributed by atoms with Crippen LogP contribution in [0.2, 0.25) is 0 Å². The summed E-state index contributed by atoms with van der Waals surface area (Å²) in [5.74, 6) is 0.954. The number of rotatable bonds is 3. The van der Waals surface area contributed by atoms with Crippen LogP contribution in [0.4, 0.5) is 0 Å². The summed E-state index contributed by atoms with van der Waals surface area (Å²) in [7, 11) is 0. The summed E-state index contributed by atoms with van der Waals surface area (Å²) in [6.07, 6.45) is 3.99. The van der Waals surface area contributed by atoms with E-state index in [1.165, 1.54) is 11.1 Å². The minimum atomic E-state index is 0.652. The number of allylic oxidation sites excluding steroid dienone is 1. The molecule has 0 spiro atoms. The fraction of sp³-hybridized carbons (Fsp3) is 0.333. The van der Waals surface area contributed by atoms with Gasteiger partial charge in [-0.15, -0.1) is 0 Å². The van der Waals surface area contributed by atoms with Crippen LogP contribution in [-0.2, 0) is 0 Å². The second kappa shape index (κ2) is 4.70. The average Bonchev–Trinajstić information content (AvgIpc) is 2.03. The number of hydrogen-bond donors (Lipinski definition) is 0. The summed E-state index contributed by atoms with van der Waals surface area (Å²) in [5, 5.41) is 0. The summed E-state index contributed by atoms with van der Waals surface area (Å²) < 4.78 is 5.52. The van der Waals surface area contributed by atoms with Crippen LogP contribution in [0.15, 0.2) is 30.4 Å². The van der Waals surface area contributed by atoms with Crippen molar-refractivity contribution >= 4 is 0 Å². The Bertz CT molecular complexity index is 280. The molecule has 0 aliphatic heterocycles. The zero-order chi connectivity index (χ0) is 9.68. The Labute approximate surface area is 80.0 Å². The van der Waals surface area contributed by atoms with E-state index in [1.807, 2.05) is 19.1 Å². The van der Waals surface area contributed by atoms with E-state index in [2.05, 4.69) is 32.0 Å². The van der Waals surface area contributed by atoms with E-state index < -0.39 is 0 Å². The third-order valence-electron chi connectivity index (χ3n) is 1.78. The summed E-state index contributed by atoms with van der Waals surface area (Å²) >= 11 is 0. The average molecular weight is 176 g/mol. The highest BCUT2D eigenvalue weighted by molar-refractivity contribution is 5.33. The smallest absolute Gasteiger partial charge is 0.120 e. The Morgan fingerprint density at radius 1 is 1.15 bits per heavy atom. The van der Waals surface area contributed by atoms with Crippen molar-refractivity contribution in [2.24, 2.45) is 0 Å². The summed E-state index contributed by atoms with van der Waals surface area (Å²) in [6, 6.07) is 6.25. The molecule has 1 aromatic rings. The Balaban J connectivity index is 2.66. The molecule has 0 fully saturated rings. The number of hydrogen-bond acceptors (Lipinski definition) is 1. The minimum absolute atomic E-state index is 0.652. The van der Waals surface area contributed by atoms with E-state index in [0.29, 0.717) is 6.61 Å². The number of benzene rings is 1. The molecule has 1 rings (SSSR count). The van der Waals surface area contributed by atoms with Crippen molar-refractivity contribution in [3.8, 4) is 5.75 Å². The molecule has 0 aliphatic carbocycles. The van der Waals surface area contributed by atoms with Gasteiger partial charge in [0.1, 0.15) is 12.4 Å². The van der Waals surface area contributed by atoms with Gasteiger partial charge in [-0.3, -0.25) is 0 Å². The second-order valence-corrected chi connectivity index (χ2v) is 3.20. The number of aryl methyl sites for hydroxylation is 2. The molecule has 0 N–H and O–H groups in total. The van der Waals surface area contributed by atoms with Crippen molar-refractivity contribution in [3.63, 3.8) is 0 Å². The van der Waals surface area contributed by atoms with Gasteiger partial charge in [0.05, 0.1) is 0 Å². The van der Waals surface area contributed by atoms with E-state index >= 15 is 0 Å². The van der Waals surface area contributed by atoms with Crippen LogP contribution >= 0.6 is 0 Å². The van der Waals surface area contributed by atoms with Crippen LogP contribution in [0.1, 0.15) is 18.1 Å². The molecule has 0 unspecified atom stereocenters. The molecule has 1 nitrogen and oxygen atoms in total. The van der Waals surface area contributed by atoms with Gasteiger partial charge in [-0.05, 0) is 44.0 Å². The highest BCUT2D eigenvalue weighted by atomic mass is 16.5. The first-order valence-electron chi connectivity index (χ1n) is 4.54. The fourth-order valence-corrected chi connectivity index (χ4v) is 1.26. The van der Waals surface area contributed by atoms with Gasteiger partial charge in [0, 0.05) is 0 Å². The summed E-state index contributed by atoms with van der Waals surface area (Å²) in [5.41, 5.74) is 2.49. The van der Waals surface area contributed by atoms with Crippen LogP contribution in [0, 0.1) is 13.8 Å². The first-order chi connectivity index (χ1) is 6.22. The Kier molecular flexibility index (Phi) is 3.56. The van der Waals surface area contributed by atoms with Gasteiger partial charge >= 0.3 is 0 Å². The molecule has 1 aromatic carbocycles. The standard InChI is InChI=1S/C12H16O/c1-4-5-6-13-12-8-10(2)7-11(3)9-12/h4-5,7-9H,6H2,1-3H3. The van der Waals surface area contributed by atoms with Gasteiger partial charge in [-0.1, -0.05) is 18.2 Å². The normalized spacial score (nSPS) is 10.7. The van der Waals surface area contributed by atoms with Crippen molar-refractivity contribution in [1.29, 1.82) is 0 Å². The maximum absolute atomic E-state index is 5.52. The predicted octanol–water partition coefficient (Wildman–Crippen LogP) is 3.26. The molecule has 70 valence electrons. The molecular formula is C12H16O. The topological polar surface area (TPSA) is 9.23 Å². The maximum atomic E-state index is 5.52. The van der Waals surface area contributed by atoms with Crippen LogP contribution in [-0.4, -0.2) is 6.61 Å². The van der Waals surface area contributed by atoms with Gasteiger partial charge < -0.3 is 4.74 Å². The predicted molar refractivity (Wildman–Crippen MR) is 56.2 cm³/mol. The molecule has 0 radical (unpaired) electrons. The van der Waals surface area contributed by atoms with Crippen molar-refractivity contribution in [3.05, 3.63) is 41.5 Å². The summed E-state index contributed by atoms with van der Waals surface area (Å²) in [6.45, 7) is 6.80. The summed E-state index contributed by atoms with van der Waals surface area (Å²) in [4.78, 5) is 0. The van der Waals surface area contributed by atoms with Gasteiger partial charge in [-0.25, -0.2) is 0 Å². The lowest BCUT2D eigenvalue weighted by molar-refractivity contribution is 0.362. The largest absolute Gasteiger partial charge is 0.490 e. The van der Waals surface area contributed by atoms with Crippen LogP contribution < -0.4 is 4.74 Å². The molecule has 0 atom stereocenters. The lowest BCUT2D eigenvalue weighted by atomic mass is 10.1. The van der Waals surface area contributed by atoms with Gasteiger partial charge in [0.15, 0.2) is 0 Å². The lowest BCUT2D eigenvalue weighted by Crippen LogP contribution is -1.93. The Morgan fingerprint density at radius 2 is 1.77 bits per heavy atom. The Hall–Kier alpha value is -1.24. The second-order valence-electron chi connectivity index (χ2n) is 3.20. The van der Waals surface area contributed by atoms with Crippen molar-refractivity contribution < 1.29 is 4.74 Å². The molecule has 13 heavy (non-hydrogen) atoms. The SMILES string of the molecule is CC=CCOc1cc(C)cc(C)c1. The van der Waals surface area contributed by atoms with Crippen molar-refractivity contribution in [2.75, 3.05) is 6.61 Å². The third-order valence-corrected chi connectivity index (χ3v) is 1.78. The third kappa shape index (κ3) is 3.32. The van der Waals surface area contributed by atoms with Crippen LogP contribution in [0.25, 0.3) is 0 Å². The molecule has 0 saturated carbocycles. The van der Waals surface area contributed by atoms with E-state index in [1.54, 1.807) is 0 Å². The number of ether oxygens (including phenoxy) is 1. The molecular weight excluding hydrogens is 160 g/mol. The monoisotopic (exact) mass is 176 g/mol. The molecule has 0 aromatic heterocycles. The highest BCUT2D eigenvalue weighted by Crippen LogP contribution is 2.15. The fourth-order valence-electron chi connectivity index (χ4n) is 1.26. The van der Waals surface area contributed by atoms with E-state index in [-0.39, 0.29) is 0 Å². The van der Waals surface area contributed by atoms with Crippen LogP contribution in [0.3, 0.4) is 0 Å². The first kappa shape index (κ1) is 9.85. The molecule has 0 bridgehead atoms. The van der Waals surface area contributed by atoms with Crippen LogP contribution in [0.5, 0.6) is 5.75 Å². The van der Waals surface area contributed by atoms with Crippen molar-refractivity contribution in [2.45, 2.75) is 20.8 Å². The maximum Gasteiger partial charge on any atom is 0.120 e. The minimum Gasteiger partial charge on any atom is -0.490 e. The molecule has 0 aliphatic rings. The van der Waals surface area contributed by atoms with E-state index in [0.717, 1.165) is 5.75 Å². The van der Waals surface area contributed by atoms with E-state index in [9.17, 15) is 0 Å². The zero-order valence-electron chi connectivity index (χ0n) is 8.50. The van der Waals surface area contributed by atoms with Gasteiger partial charge in [0.25, 0.3) is 0 Å². The molecule has 0 saturated heterocycles. The van der Waals surface area contributed by atoms with Gasteiger partial charge in [0.2, 0.25) is 0 Å². The Morgan fingerprint density at radius 3 is 2.31 bits per heavy atom. The highest BCUT2D eigenvalue weighted by Gasteiger charge is 1.94.